The zero-order valence-electron chi connectivity index (χ0n) is 16.3. The third-order valence-electron chi connectivity index (χ3n) is 5.29. The van der Waals surface area contributed by atoms with E-state index in [-0.39, 0.29) is 11.2 Å². The molecule has 144 valence electrons. The number of fused-ring (bicyclic) bond motifs is 3. The quantitative estimate of drug-likeness (QED) is 0.309. The van der Waals surface area contributed by atoms with Crippen molar-refractivity contribution in [3.8, 4) is 0 Å². The average molecular weight is 505 g/mol. The highest BCUT2D eigenvalue weighted by molar-refractivity contribution is 14.1. The Morgan fingerprint density at radius 1 is 1.38 bits per heavy atom. The van der Waals surface area contributed by atoms with Crippen molar-refractivity contribution in [2.24, 2.45) is 0 Å². The second-order valence-electron chi connectivity index (χ2n) is 8.48. The molecule has 2 heterocycles. The Morgan fingerprint density at radius 3 is 2.77 bits per heavy atom. The van der Waals surface area contributed by atoms with Gasteiger partial charge in [-0.25, -0.2) is 0 Å². The zero-order valence-corrected chi connectivity index (χ0v) is 20.3. The van der Waals surface area contributed by atoms with Crippen LogP contribution in [0.15, 0.2) is 10.9 Å². The van der Waals surface area contributed by atoms with E-state index in [9.17, 15) is 4.79 Å². The highest BCUT2D eigenvalue weighted by atomic mass is 127. The Bertz CT molecular complexity index is 870. The lowest BCUT2D eigenvalue weighted by atomic mass is 9.81. The number of pyridine rings is 1. The van der Waals surface area contributed by atoms with Crippen LogP contribution in [-0.4, -0.2) is 26.4 Å². The fourth-order valence-corrected chi connectivity index (χ4v) is 6.25. The predicted molar refractivity (Wildman–Crippen MR) is 120 cm³/mol. The van der Waals surface area contributed by atoms with Gasteiger partial charge in [-0.2, -0.15) is 0 Å². The Labute approximate surface area is 174 Å². The second kappa shape index (κ2) is 7.65. The van der Waals surface area contributed by atoms with Gasteiger partial charge in [-0.15, -0.1) is 11.3 Å². The number of methoxy groups -OCH3 is 1. The summed E-state index contributed by atoms with van der Waals surface area (Å²) in [7, 11) is 0.638. The molecule has 2 aromatic heterocycles. The molecule has 0 fully saturated rings. The van der Waals surface area contributed by atoms with E-state index in [0.717, 1.165) is 50.6 Å². The number of hydrogen-bond donors (Lipinski definition) is 0. The van der Waals surface area contributed by atoms with Crippen LogP contribution in [0.3, 0.4) is 0 Å². The van der Waals surface area contributed by atoms with Crippen LogP contribution in [-0.2, 0) is 28.2 Å². The van der Waals surface area contributed by atoms with E-state index in [4.69, 9.17) is 9.47 Å². The van der Waals surface area contributed by atoms with Crippen LogP contribution in [0.25, 0.3) is 10.1 Å². The molecule has 0 radical (unpaired) electrons. The first-order chi connectivity index (χ1) is 12.2. The van der Waals surface area contributed by atoms with E-state index in [1.807, 2.05) is 4.57 Å². The van der Waals surface area contributed by atoms with Gasteiger partial charge in [-0.3, -0.25) is 9.36 Å². The SMILES string of the molecule is COC1(C)CCCc2c1c1cc(I)sc1c(=O)n2COCC[Si](C)(C)C. The first-order valence-electron chi connectivity index (χ1n) is 9.14. The van der Waals surface area contributed by atoms with Gasteiger partial charge >= 0.3 is 0 Å². The van der Waals surface area contributed by atoms with Gasteiger partial charge in [-0.1, -0.05) is 19.6 Å². The molecule has 7 heteroatoms. The summed E-state index contributed by atoms with van der Waals surface area (Å²) >= 11 is 3.88. The lowest BCUT2D eigenvalue weighted by Gasteiger charge is -2.36. The highest BCUT2D eigenvalue weighted by Gasteiger charge is 2.36. The molecule has 0 spiro atoms. The van der Waals surface area contributed by atoms with E-state index in [1.165, 1.54) is 5.56 Å². The smallest absolute Gasteiger partial charge is 0.270 e. The third-order valence-corrected chi connectivity index (χ3v) is 8.88. The van der Waals surface area contributed by atoms with Crippen molar-refractivity contribution >= 4 is 52.1 Å². The molecule has 1 unspecified atom stereocenters. The Morgan fingerprint density at radius 2 is 2.12 bits per heavy atom. The Kier molecular flexibility index (Phi) is 6.04. The summed E-state index contributed by atoms with van der Waals surface area (Å²) in [4.78, 5) is 13.2. The molecular formula is C19H28INO3SSi. The molecule has 2 aromatic rings. The molecule has 0 amide bonds. The van der Waals surface area contributed by atoms with Crippen LogP contribution < -0.4 is 5.56 Å². The maximum atomic E-state index is 13.2. The number of aromatic nitrogens is 1. The molecule has 0 N–H and O–H groups in total. The van der Waals surface area contributed by atoms with Crippen LogP contribution in [0.5, 0.6) is 0 Å². The van der Waals surface area contributed by atoms with Gasteiger partial charge in [0.05, 0.1) is 8.48 Å². The summed E-state index contributed by atoms with van der Waals surface area (Å²) in [5.74, 6) is 0. The van der Waals surface area contributed by atoms with Gasteiger partial charge in [0.1, 0.15) is 11.4 Å². The van der Waals surface area contributed by atoms with Crippen LogP contribution in [0.2, 0.25) is 25.7 Å². The van der Waals surface area contributed by atoms with E-state index in [2.05, 4.69) is 55.2 Å². The summed E-state index contributed by atoms with van der Waals surface area (Å²) < 4.78 is 15.7. The molecule has 1 aliphatic carbocycles. The highest BCUT2D eigenvalue weighted by Crippen LogP contribution is 2.42. The van der Waals surface area contributed by atoms with Crippen molar-refractivity contribution in [3.63, 3.8) is 0 Å². The van der Waals surface area contributed by atoms with Crippen molar-refractivity contribution < 1.29 is 9.47 Å². The van der Waals surface area contributed by atoms with E-state index in [0.29, 0.717) is 6.73 Å². The Balaban J connectivity index is 2.06. The van der Waals surface area contributed by atoms with E-state index >= 15 is 0 Å². The predicted octanol–water partition coefficient (Wildman–Crippen LogP) is 5.18. The largest absolute Gasteiger partial charge is 0.374 e. The molecule has 3 rings (SSSR count). The minimum Gasteiger partial charge on any atom is -0.374 e. The molecule has 26 heavy (non-hydrogen) atoms. The Hall–Kier alpha value is -0.223. The van der Waals surface area contributed by atoms with Crippen molar-refractivity contribution in [2.45, 2.75) is 64.2 Å². The number of nitrogens with zero attached hydrogens (tertiary/aromatic N) is 1. The number of rotatable bonds is 6. The fourth-order valence-electron chi connectivity index (χ4n) is 3.68. The fraction of sp³-hybridized carbons (Fsp3) is 0.632. The average Bonchev–Trinajstić information content (AvgIpc) is 2.94. The van der Waals surface area contributed by atoms with Crippen molar-refractivity contribution in [1.82, 2.24) is 4.57 Å². The van der Waals surface area contributed by atoms with Gasteiger partial charge < -0.3 is 9.47 Å². The van der Waals surface area contributed by atoms with E-state index < -0.39 is 8.07 Å². The minimum absolute atomic E-state index is 0.0834. The minimum atomic E-state index is -1.14. The number of thiophene rings is 1. The number of ether oxygens (including phenoxy) is 2. The monoisotopic (exact) mass is 505 g/mol. The van der Waals surface area contributed by atoms with Gasteiger partial charge in [0.2, 0.25) is 0 Å². The van der Waals surface area contributed by atoms with Gasteiger partial charge in [0.25, 0.3) is 5.56 Å². The van der Waals surface area contributed by atoms with Gasteiger partial charge in [-0.05, 0) is 60.9 Å². The van der Waals surface area contributed by atoms with Crippen LogP contribution in [0.1, 0.15) is 31.0 Å². The second-order valence-corrected chi connectivity index (χ2v) is 17.1. The summed E-state index contributed by atoms with van der Waals surface area (Å²) in [6.45, 7) is 10.2. The summed E-state index contributed by atoms with van der Waals surface area (Å²) in [6, 6.07) is 3.25. The zero-order chi connectivity index (χ0) is 19.1. The van der Waals surface area contributed by atoms with Crippen molar-refractivity contribution in [2.75, 3.05) is 13.7 Å². The van der Waals surface area contributed by atoms with Crippen LogP contribution in [0.4, 0.5) is 0 Å². The molecule has 0 saturated carbocycles. The van der Waals surface area contributed by atoms with Crippen LogP contribution >= 0.6 is 33.9 Å². The van der Waals surface area contributed by atoms with Crippen LogP contribution in [0, 0.1) is 2.88 Å². The normalized spacial score (nSPS) is 20.5. The molecule has 1 aliphatic rings. The molecule has 0 aromatic carbocycles. The van der Waals surface area contributed by atoms with E-state index in [1.54, 1.807) is 18.4 Å². The molecule has 4 nitrogen and oxygen atoms in total. The topological polar surface area (TPSA) is 40.5 Å². The lowest BCUT2D eigenvalue weighted by Crippen LogP contribution is -2.36. The van der Waals surface area contributed by atoms with Gasteiger partial charge in [0, 0.05) is 38.4 Å². The molecular weight excluding hydrogens is 477 g/mol. The van der Waals surface area contributed by atoms with Crippen molar-refractivity contribution in [1.29, 1.82) is 0 Å². The molecule has 0 saturated heterocycles. The summed E-state index contributed by atoms with van der Waals surface area (Å²) in [5.41, 5.74) is 2.03. The first kappa shape index (κ1) is 20.5. The lowest BCUT2D eigenvalue weighted by molar-refractivity contribution is -0.0136. The molecule has 0 aliphatic heterocycles. The molecule has 0 bridgehead atoms. The maximum Gasteiger partial charge on any atom is 0.270 e. The first-order valence-corrected chi connectivity index (χ1v) is 14.7. The maximum absolute atomic E-state index is 13.2. The molecule has 1 atom stereocenters. The number of hydrogen-bond acceptors (Lipinski definition) is 4. The summed E-state index contributed by atoms with van der Waals surface area (Å²) in [6.07, 6.45) is 2.91. The standard InChI is InChI=1S/C19H28INO3SSi/c1-19(23-2)8-6-7-14-16(19)13-11-15(20)25-17(13)18(22)21(14)12-24-9-10-26(3,4)5/h11H,6-10,12H2,1-5H3. The third kappa shape index (κ3) is 3.96. The van der Waals surface area contributed by atoms with Gasteiger partial charge in [0.15, 0.2) is 0 Å². The number of halogens is 1. The summed E-state index contributed by atoms with van der Waals surface area (Å²) in [5, 5.41) is 1.07. The van der Waals surface area contributed by atoms with Crippen molar-refractivity contribution in [3.05, 3.63) is 30.6 Å².